The molecule has 0 aliphatic carbocycles. The maximum atomic E-state index is 12.4. The Kier molecular flexibility index (Phi) is 5.39. The highest BCUT2D eigenvalue weighted by atomic mass is 35.5. The van der Waals surface area contributed by atoms with Crippen molar-refractivity contribution in [2.45, 2.75) is 12.7 Å². The van der Waals surface area contributed by atoms with Gasteiger partial charge in [0.05, 0.1) is 5.56 Å². The molecule has 1 amide bonds. The Hall–Kier alpha value is -2.34. The number of carbonyl (C=O) groups is 1. The second kappa shape index (κ2) is 7.28. The van der Waals surface area contributed by atoms with Crippen LogP contribution >= 0.6 is 11.6 Å². The first-order valence-electron chi connectivity index (χ1n) is 6.58. The maximum absolute atomic E-state index is 12.4. The summed E-state index contributed by atoms with van der Waals surface area (Å²) in [5, 5.41) is 3.00. The molecular formula is C16H12ClF3N2O. The molecule has 1 aromatic heterocycles. The number of amides is 1. The largest absolute Gasteiger partial charge is 0.416 e. The second-order valence-electron chi connectivity index (χ2n) is 4.66. The molecule has 0 bridgehead atoms. The molecule has 23 heavy (non-hydrogen) atoms. The lowest BCUT2D eigenvalue weighted by Crippen LogP contribution is -2.20. The number of pyridine rings is 1. The molecule has 0 radical (unpaired) electrons. The lowest BCUT2D eigenvalue weighted by molar-refractivity contribution is -0.137. The molecule has 0 unspecified atom stereocenters. The fourth-order valence-electron chi connectivity index (χ4n) is 1.71. The fourth-order valence-corrected chi connectivity index (χ4v) is 1.83. The highest BCUT2D eigenvalue weighted by Crippen LogP contribution is 2.29. The van der Waals surface area contributed by atoms with E-state index in [2.05, 4.69) is 10.3 Å². The third kappa shape index (κ3) is 5.41. The fraction of sp³-hybridized carbons (Fsp3) is 0.125. The highest BCUT2D eigenvalue weighted by Gasteiger charge is 2.29. The predicted octanol–water partition coefficient (Wildman–Crippen LogP) is 4.08. The third-order valence-corrected chi connectivity index (χ3v) is 3.14. The van der Waals surface area contributed by atoms with Crippen molar-refractivity contribution in [3.8, 4) is 0 Å². The number of nitrogens with one attached hydrogen (secondary N) is 1. The van der Waals surface area contributed by atoms with Crippen molar-refractivity contribution in [1.82, 2.24) is 10.3 Å². The zero-order chi connectivity index (χ0) is 16.9. The van der Waals surface area contributed by atoms with Gasteiger partial charge in [-0.1, -0.05) is 29.8 Å². The molecule has 1 heterocycles. The number of hydrogen-bond acceptors (Lipinski definition) is 2. The number of alkyl halides is 3. The molecule has 0 fully saturated rings. The lowest BCUT2D eigenvalue weighted by atomic mass is 10.1. The van der Waals surface area contributed by atoms with Crippen LogP contribution in [0, 0.1) is 0 Å². The Morgan fingerprint density at radius 2 is 1.87 bits per heavy atom. The van der Waals surface area contributed by atoms with Gasteiger partial charge in [0.15, 0.2) is 0 Å². The molecule has 0 saturated heterocycles. The van der Waals surface area contributed by atoms with Crippen molar-refractivity contribution in [2.75, 3.05) is 0 Å². The summed E-state index contributed by atoms with van der Waals surface area (Å²) in [7, 11) is 0. The molecule has 1 aromatic carbocycles. The van der Waals surface area contributed by atoms with Gasteiger partial charge in [-0.2, -0.15) is 13.2 Å². The van der Waals surface area contributed by atoms with Gasteiger partial charge in [0.25, 0.3) is 0 Å². The van der Waals surface area contributed by atoms with Crippen LogP contribution in [0.5, 0.6) is 0 Å². The smallest absolute Gasteiger partial charge is 0.348 e. The summed E-state index contributed by atoms with van der Waals surface area (Å²) in [6, 6.07) is 7.88. The molecular weight excluding hydrogens is 329 g/mol. The van der Waals surface area contributed by atoms with Gasteiger partial charge in [-0.3, -0.25) is 4.79 Å². The molecule has 120 valence electrons. The SMILES string of the molecule is O=C(/C=C/c1ccc(C(F)(F)F)cc1)NCc1ccc(Cl)nc1. The lowest BCUT2D eigenvalue weighted by Gasteiger charge is -2.06. The van der Waals surface area contributed by atoms with Gasteiger partial charge in [-0.05, 0) is 35.4 Å². The predicted molar refractivity (Wildman–Crippen MR) is 81.6 cm³/mol. The maximum Gasteiger partial charge on any atom is 0.416 e. The molecule has 2 aromatic rings. The average molecular weight is 341 g/mol. The van der Waals surface area contributed by atoms with Gasteiger partial charge >= 0.3 is 6.18 Å². The molecule has 3 nitrogen and oxygen atoms in total. The van der Waals surface area contributed by atoms with Crippen LogP contribution in [0.1, 0.15) is 16.7 Å². The van der Waals surface area contributed by atoms with E-state index >= 15 is 0 Å². The molecule has 2 rings (SSSR count). The summed E-state index contributed by atoms with van der Waals surface area (Å²) in [6.45, 7) is 0.278. The van der Waals surface area contributed by atoms with Crippen molar-refractivity contribution in [2.24, 2.45) is 0 Å². The van der Waals surface area contributed by atoms with E-state index in [0.717, 1.165) is 17.7 Å². The van der Waals surface area contributed by atoms with Gasteiger partial charge in [-0.15, -0.1) is 0 Å². The van der Waals surface area contributed by atoms with Crippen LogP contribution in [0.3, 0.4) is 0 Å². The van der Waals surface area contributed by atoms with E-state index in [1.165, 1.54) is 24.3 Å². The van der Waals surface area contributed by atoms with Crippen molar-refractivity contribution in [3.05, 3.63) is 70.5 Å². The van der Waals surface area contributed by atoms with Crippen LogP contribution in [0.25, 0.3) is 6.08 Å². The van der Waals surface area contributed by atoms with E-state index in [1.807, 2.05) is 0 Å². The molecule has 0 atom stereocenters. The highest BCUT2D eigenvalue weighted by molar-refractivity contribution is 6.29. The first kappa shape index (κ1) is 17.0. The number of rotatable bonds is 4. The van der Waals surface area contributed by atoms with Gasteiger partial charge in [0.2, 0.25) is 5.91 Å². The Labute approximate surface area is 135 Å². The van der Waals surface area contributed by atoms with Crippen molar-refractivity contribution < 1.29 is 18.0 Å². The average Bonchev–Trinajstić information content (AvgIpc) is 2.52. The van der Waals surface area contributed by atoms with Gasteiger partial charge in [0.1, 0.15) is 5.15 Å². The summed E-state index contributed by atoms with van der Waals surface area (Å²) in [6.07, 6.45) is -0.129. The zero-order valence-electron chi connectivity index (χ0n) is 11.8. The van der Waals surface area contributed by atoms with Crippen LogP contribution in [-0.2, 0) is 17.5 Å². The van der Waals surface area contributed by atoms with Crippen LogP contribution in [0.15, 0.2) is 48.7 Å². The van der Waals surface area contributed by atoms with Crippen LogP contribution in [0.2, 0.25) is 5.15 Å². The number of nitrogens with zero attached hydrogens (tertiary/aromatic N) is 1. The van der Waals surface area contributed by atoms with Gasteiger partial charge in [-0.25, -0.2) is 4.98 Å². The van der Waals surface area contributed by atoms with E-state index < -0.39 is 11.7 Å². The Morgan fingerprint density at radius 1 is 1.17 bits per heavy atom. The standard InChI is InChI=1S/C16H12ClF3N2O/c17-14-7-3-12(9-21-14)10-22-15(23)8-4-11-1-5-13(6-2-11)16(18,19)20/h1-9H,10H2,(H,22,23)/b8-4+. The Bertz CT molecular complexity index is 695. The molecule has 0 aliphatic rings. The van der Waals surface area contributed by atoms with Crippen LogP contribution in [0.4, 0.5) is 13.2 Å². The van der Waals surface area contributed by atoms with E-state index in [-0.39, 0.29) is 12.5 Å². The normalized spacial score (nSPS) is 11.7. The zero-order valence-corrected chi connectivity index (χ0v) is 12.5. The van der Waals surface area contributed by atoms with Gasteiger partial charge < -0.3 is 5.32 Å². The number of hydrogen-bond donors (Lipinski definition) is 1. The van der Waals surface area contributed by atoms with Crippen molar-refractivity contribution >= 4 is 23.6 Å². The number of carbonyl (C=O) groups excluding carboxylic acids is 1. The molecule has 0 spiro atoms. The quantitative estimate of drug-likeness (QED) is 0.673. The van der Waals surface area contributed by atoms with E-state index in [4.69, 9.17) is 11.6 Å². The summed E-state index contributed by atoms with van der Waals surface area (Å²) in [5.41, 5.74) is 0.557. The summed E-state index contributed by atoms with van der Waals surface area (Å²) in [4.78, 5) is 15.5. The minimum Gasteiger partial charge on any atom is -0.348 e. The summed E-state index contributed by atoms with van der Waals surface area (Å²) < 4.78 is 37.3. The first-order chi connectivity index (χ1) is 10.8. The molecule has 7 heteroatoms. The number of halogens is 4. The van der Waals surface area contributed by atoms with Crippen LogP contribution in [-0.4, -0.2) is 10.9 Å². The van der Waals surface area contributed by atoms with Crippen molar-refractivity contribution in [3.63, 3.8) is 0 Å². The topological polar surface area (TPSA) is 42.0 Å². The monoisotopic (exact) mass is 340 g/mol. The Morgan fingerprint density at radius 3 is 2.43 bits per heavy atom. The number of aromatic nitrogens is 1. The minimum absolute atomic E-state index is 0.278. The minimum atomic E-state index is -4.37. The third-order valence-electron chi connectivity index (χ3n) is 2.92. The van der Waals surface area contributed by atoms with E-state index in [9.17, 15) is 18.0 Å². The summed E-state index contributed by atoms with van der Waals surface area (Å²) >= 11 is 5.65. The van der Waals surface area contributed by atoms with Gasteiger partial charge in [0, 0.05) is 18.8 Å². The first-order valence-corrected chi connectivity index (χ1v) is 6.96. The number of benzene rings is 1. The molecule has 0 saturated carbocycles. The van der Waals surface area contributed by atoms with Crippen LogP contribution < -0.4 is 5.32 Å². The summed E-state index contributed by atoms with van der Waals surface area (Å²) in [5.74, 6) is -0.361. The molecule has 1 N–H and O–H groups in total. The second-order valence-corrected chi connectivity index (χ2v) is 5.05. The van der Waals surface area contributed by atoms with Crippen molar-refractivity contribution in [1.29, 1.82) is 0 Å². The van der Waals surface area contributed by atoms with E-state index in [1.54, 1.807) is 18.3 Å². The Balaban J connectivity index is 1.89. The molecule has 0 aliphatic heterocycles. The van der Waals surface area contributed by atoms with E-state index in [0.29, 0.717) is 10.7 Å².